The third-order valence-electron chi connectivity index (χ3n) is 3.17. The van der Waals surface area contributed by atoms with Crippen LogP contribution in [0.1, 0.15) is 32.9 Å². The minimum absolute atomic E-state index is 0.307. The zero-order valence-corrected chi connectivity index (χ0v) is 13.0. The van der Waals surface area contributed by atoms with Crippen LogP contribution >= 0.6 is 11.8 Å². The summed E-state index contributed by atoms with van der Waals surface area (Å²) in [5.74, 6) is 2.17. The van der Waals surface area contributed by atoms with Crippen LogP contribution in [-0.2, 0) is 6.54 Å². The maximum atomic E-state index is 4.56. The molecule has 0 amide bonds. The summed E-state index contributed by atoms with van der Waals surface area (Å²) < 4.78 is 0.307. The number of anilines is 1. The van der Waals surface area contributed by atoms with Gasteiger partial charge in [-0.25, -0.2) is 4.98 Å². The highest BCUT2D eigenvalue weighted by molar-refractivity contribution is 8.00. The molecule has 0 aromatic carbocycles. The lowest BCUT2D eigenvalue weighted by Crippen LogP contribution is -2.43. The van der Waals surface area contributed by atoms with Crippen LogP contribution in [-0.4, -0.2) is 40.1 Å². The lowest BCUT2D eigenvalue weighted by Gasteiger charge is -2.38. The van der Waals surface area contributed by atoms with Gasteiger partial charge >= 0.3 is 0 Å². The molecule has 0 spiro atoms. The van der Waals surface area contributed by atoms with E-state index in [-0.39, 0.29) is 0 Å². The van der Waals surface area contributed by atoms with Crippen LogP contribution in [0.2, 0.25) is 0 Å². The van der Waals surface area contributed by atoms with Gasteiger partial charge in [0.15, 0.2) is 0 Å². The van der Waals surface area contributed by atoms with E-state index in [0.717, 1.165) is 49.9 Å². The van der Waals surface area contributed by atoms with Crippen molar-refractivity contribution in [3.8, 4) is 0 Å². The van der Waals surface area contributed by atoms with Gasteiger partial charge in [-0.3, -0.25) is 4.98 Å². The largest absolute Gasteiger partial charge is 0.353 e. The predicted molar refractivity (Wildman–Crippen MR) is 82.8 cm³/mol. The Labute approximate surface area is 120 Å². The molecule has 1 aromatic heterocycles. The van der Waals surface area contributed by atoms with Crippen LogP contribution in [0.4, 0.5) is 5.82 Å². The average Bonchev–Trinajstić information content (AvgIpc) is 2.39. The summed E-state index contributed by atoms with van der Waals surface area (Å²) in [6.07, 6.45) is 4.95. The van der Waals surface area contributed by atoms with Crippen molar-refractivity contribution in [2.24, 2.45) is 0 Å². The third-order valence-corrected chi connectivity index (χ3v) is 4.47. The Hall–Kier alpha value is -0.810. The number of thioether (sulfide) groups is 1. The maximum Gasteiger partial charge on any atom is 0.147 e. The number of hydrogen-bond donors (Lipinski definition) is 1. The highest BCUT2D eigenvalue weighted by Gasteiger charge is 2.27. The molecule has 19 heavy (non-hydrogen) atoms. The molecule has 0 unspecified atom stereocenters. The highest BCUT2D eigenvalue weighted by Crippen LogP contribution is 2.31. The first-order chi connectivity index (χ1) is 9.11. The molecular formula is C14H24N4S. The van der Waals surface area contributed by atoms with Crippen LogP contribution in [0.5, 0.6) is 0 Å². The summed E-state index contributed by atoms with van der Waals surface area (Å²) in [5, 5.41) is 3.34. The van der Waals surface area contributed by atoms with Crippen molar-refractivity contribution in [2.45, 2.75) is 38.5 Å². The second-order valence-corrected chi connectivity index (χ2v) is 7.37. The summed E-state index contributed by atoms with van der Waals surface area (Å²) in [4.78, 5) is 11.4. The first-order valence-corrected chi connectivity index (χ1v) is 8.00. The van der Waals surface area contributed by atoms with Gasteiger partial charge in [0.05, 0.1) is 18.1 Å². The number of rotatable bonds is 5. The Morgan fingerprint density at radius 3 is 2.84 bits per heavy atom. The van der Waals surface area contributed by atoms with Crippen LogP contribution < -0.4 is 10.2 Å². The second-order valence-electron chi connectivity index (χ2n) is 5.57. The lowest BCUT2D eigenvalue weighted by atomic mass is 10.2. The topological polar surface area (TPSA) is 41.1 Å². The quantitative estimate of drug-likeness (QED) is 0.838. The van der Waals surface area contributed by atoms with Gasteiger partial charge in [0.25, 0.3) is 0 Å². The number of aromatic nitrogens is 2. The number of nitrogens with one attached hydrogen (secondary N) is 1. The molecule has 1 aromatic rings. The van der Waals surface area contributed by atoms with E-state index in [4.69, 9.17) is 0 Å². The summed E-state index contributed by atoms with van der Waals surface area (Å²) in [6.45, 7) is 10.7. The van der Waals surface area contributed by atoms with Gasteiger partial charge in [0.1, 0.15) is 5.82 Å². The molecule has 1 fully saturated rings. The van der Waals surface area contributed by atoms with Crippen LogP contribution in [0, 0.1) is 0 Å². The van der Waals surface area contributed by atoms with Crippen LogP contribution in [0.15, 0.2) is 12.4 Å². The standard InChI is InChI=1S/C14H24N4S/c1-4-5-15-8-12-9-17-13(10-16-12)18-6-7-19-14(2,3)11-18/h9-10,15H,4-8,11H2,1-3H3. The van der Waals surface area contributed by atoms with Crippen molar-refractivity contribution in [1.29, 1.82) is 0 Å². The zero-order valence-electron chi connectivity index (χ0n) is 12.1. The van der Waals surface area contributed by atoms with Gasteiger partial charge in [-0.05, 0) is 26.8 Å². The molecule has 2 heterocycles. The summed E-state index contributed by atoms with van der Waals surface area (Å²) in [6, 6.07) is 0. The molecule has 0 aliphatic carbocycles. The van der Waals surface area contributed by atoms with Crippen molar-refractivity contribution in [2.75, 3.05) is 30.3 Å². The van der Waals surface area contributed by atoms with Crippen molar-refractivity contribution >= 4 is 17.6 Å². The number of hydrogen-bond acceptors (Lipinski definition) is 5. The van der Waals surface area contributed by atoms with Gasteiger partial charge in [0.2, 0.25) is 0 Å². The monoisotopic (exact) mass is 280 g/mol. The first kappa shape index (κ1) is 14.6. The second kappa shape index (κ2) is 6.57. The molecule has 4 nitrogen and oxygen atoms in total. The fraction of sp³-hybridized carbons (Fsp3) is 0.714. The van der Waals surface area contributed by atoms with E-state index in [0.29, 0.717) is 4.75 Å². The Kier molecular flexibility index (Phi) is 5.05. The molecule has 1 aliphatic heterocycles. The Balaban J connectivity index is 1.94. The Morgan fingerprint density at radius 2 is 2.21 bits per heavy atom. The first-order valence-electron chi connectivity index (χ1n) is 7.01. The minimum atomic E-state index is 0.307. The van der Waals surface area contributed by atoms with Gasteiger partial charge < -0.3 is 10.2 Å². The van der Waals surface area contributed by atoms with E-state index >= 15 is 0 Å². The van der Waals surface area contributed by atoms with Gasteiger partial charge in [0, 0.05) is 30.1 Å². The smallest absolute Gasteiger partial charge is 0.147 e. The van der Waals surface area contributed by atoms with Crippen molar-refractivity contribution in [3.05, 3.63) is 18.1 Å². The molecule has 2 rings (SSSR count). The van der Waals surface area contributed by atoms with Crippen molar-refractivity contribution < 1.29 is 0 Å². The third kappa shape index (κ3) is 4.35. The zero-order chi connectivity index (χ0) is 13.7. The fourth-order valence-corrected chi connectivity index (χ4v) is 3.32. The molecule has 1 saturated heterocycles. The molecule has 1 N–H and O–H groups in total. The van der Waals surface area contributed by atoms with E-state index in [9.17, 15) is 0 Å². The minimum Gasteiger partial charge on any atom is -0.353 e. The van der Waals surface area contributed by atoms with E-state index in [1.54, 1.807) is 0 Å². The van der Waals surface area contributed by atoms with E-state index in [1.165, 1.54) is 0 Å². The van der Waals surface area contributed by atoms with E-state index < -0.39 is 0 Å². The normalized spacial score (nSPS) is 18.6. The molecule has 106 valence electrons. The Morgan fingerprint density at radius 1 is 1.37 bits per heavy atom. The van der Waals surface area contributed by atoms with Gasteiger partial charge in [-0.15, -0.1) is 0 Å². The molecule has 0 atom stereocenters. The van der Waals surface area contributed by atoms with E-state index in [2.05, 4.69) is 41.0 Å². The van der Waals surface area contributed by atoms with Crippen LogP contribution in [0.3, 0.4) is 0 Å². The molecule has 0 saturated carbocycles. The SMILES string of the molecule is CCCNCc1cnc(N2CCSC(C)(C)C2)cn1. The summed E-state index contributed by atoms with van der Waals surface area (Å²) in [7, 11) is 0. The predicted octanol–water partition coefficient (Wildman–Crippen LogP) is 2.31. The van der Waals surface area contributed by atoms with Gasteiger partial charge in [-0.1, -0.05) is 6.92 Å². The highest BCUT2D eigenvalue weighted by atomic mass is 32.2. The maximum absolute atomic E-state index is 4.56. The lowest BCUT2D eigenvalue weighted by molar-refractivity contribution is 0.637. The Bertz CT molecular complexity index is 391. The van der Waals surface area contributed by atoms with E-state index in [1.807, 2.05) is 24.2 Å². The summed E-state index contributed by atoms with van der Waals surface area (Å²) in [5.41, 5.74) is 1.02. The molecule has 0 radical (unpaired) electrons. The molecule has 1 aliphatic rings. The molecule has 5 heteroatoms. The molecule has 0 bridgehead atoms. The fourth-order valence-electron chi connectivity index (χ4n) is 2.21. The average molecular weight is 280 g/mol. The van der Waals surface area contributed by atoms with Crippen molar-refractivity contribution in [3.63, 3.8) is 0 Å². The van der Waals surface area contributed by atoms with Crippen molar-refractivity contribution in [1.82, 2.24) is 15.3 Å². The summed E-state index contributed by atoms with van der Waals surface area (Å²) >= 11 is 2.04. The van der Waals surface area contributed by atoms with Gasteiger partial charge in [-0.2, -0.15) is 11.8 Å². The molecular weight excluding hydrogens is 256 g/mol. The van der Waals surface area contributed by atoms with Crippen LogP contribution in [0.25, 0.3) is 0 Å². The number of nitrogens with zero attached hydrogens (tertiary/aromatic N) is 3.